The molecule has 0 radical (unpaired) electrons. The Morgan fingerprint density at radius 1 is 0.333 bits per heavy atom. The first-order valence-corrected chi connectivity index (χ1v) is 25.1. The van der Waals surface area contributed by atoms with E-state index in [-0.39, 0.29) is 0 Å². The highest BCUT2D eigenvalue weighted by Gasteiger charge is 2.08. The van der Waals surface area contributed by atoms with Crippen molar-refractivity contribution in [3.63, 3.8) is 0 Å². The molecule has 4 aromatic carbocycles. The number of benzene rings is 4. The second-order valence-electron chi connectivity index (χ2n) is 13.8. The molecule has 0 aliphatic rings. The van der Waals surface area contributed by atoms with Gasteiger partial charge in [-0.25, -0.2) is 18.7 Å². The van der Waals surface area contributed by atoms with Gasteiger partial charge in [0.25, 0.3) is 0 Å². The number of hydrogen-bond donors (Lipinski definition) is 8. The number of nitrogens with one attached hydrogen (secondary N) is 4. The van der Waals surface area contributed by atoms with Gasteiger partial charge in [0, 0.05) is 52.4 Å². The molecule has 0 bridgehead atoms. The molecular formula is C52H84N20. The highest BCUT2D eigenvalue weighted by atomic mass is 15.4. The number of aryl methyl sites for hydroxylation is 4. The maximum Gasteiger partial charge on any atom is 0.244 e. The van der Waals surface area contributed by atoms with Gasteiger partial charge in [-0.2, -0.15) is 19.9 Å². The lowest BCUT2D eigenvalue weighted by Crippen LogP contribution is -2.07. The summed E-state index contributed by atoms with van der Waals surface area (Å²) in [6.07, 6.45) is 0. The molecule has 72 heavy (non-hydrogen) atoms. The average molecular weight is 989 g/mol. The first kappa shape index (κ1) is 61.9. The molecule has 0 unspecified atom stereocenters. The Balaban J connectivity index is 0.000000458. The first-order valence-electron chi connectivity index (χ1n) is 25.1. The quantitative estimate of drug-likeness (QED) is 0.0447. The van der Waals surface area contributed by atoms with Crippen LogP contribution in [0.5, 0.6) is 0 Å². The van der Waals surface area contributed by atoms with Crippen molar-refractivity contribution < 1.29 is 0 Å². The largest absolute Gasteiger partial charge is 0.368 e. The molecule has 4 heterocycles. The van der Waals surface area contributed by atoms with Gasteiger partial charge in [0.05, 0.1) is 0 Å². The van der Waals surface area contributed by atoms with E-state index in [0.29, 0.717) is 60.7 Å². The topological polar surface area (TPSA) is 275 Å². The van der Waals surface area contributed by atoms with E-state index in [1.54, 1.807) is 18.7 Å². The van der Waals surface area contributed by atoms with Crippen LogP contribution in [0.25, 0.3) is 0 Å². The standard InChI is InChI=1S/4C11H15N5.4C2H6/c2*1-2-16-10(12)14-11(15-16)13-8-9-6-4-3-5-7-9;2*1-2-16-11(14-10(12)15-16)13-8-9-6-4-3-5-7-9;4*1-2/h4*3-7H,2,8H2,1H3,(H3,12,13,14,15);4*1-2H3. The van der Waals surface area contributed by atoms with Gasteiger partial charge in [-0.3, -0.25) is 0 Å². The summed E-state index contributed by atoms with van der Waals surface area (Å²) >= 11 is 0. The fraction of sp³-hybridized carbons (Fsp3) is 0.385. The van der Waals surface area contributed by atoms with E-state index in [1.807, 2.05) is 180 Å². The van der Waals surface area contributed by atoms with Crippen molar-refractivity contribution >= 4 is 47.6 Å². The van der Waals surface area contributed by atoms with E-state index < -0.39 is 0 Å². The summed E-state index contributed by atoms with van der Waals surface area (Å²) in [4.78, 5) is 16.5. The molecule has 20 nitrogen and oxygen atoms in total. The Hall–Kier alpha value is -8.16. The number of hydrogen-bond acceptors (Lipinski definition) is 16. The Bertz CT molecular complexity index is 2330. The lowest BCUT2D eigenvalue weighted by Gasteiger charge is -2.05. The zero-order valence-corrected chi connectivity index (χ0v) is 44.9. The number of nitrogens with two attached hydrogens (primary N) is 4. The van der Waals surface area contributed by atoms with Gasteiger partial charge in [-0.05, 0) is 49.9 Å². The third kappa shape index (κ3) is 23.0. The second-order valence-corrected chi connectivity index (χ2v) is 13.8. The smallest absolute Gasteiger partial charge is 0.244 e. The van der Waals surface area contributed by atoms with E-state index >= 15 is 0 Å². The number of anilines is 8. The molecule has 0 atom stereocenters. The summed E-state index contributed by atoms with van der Waals surface area (Å²) in [5.74, 6) is 4.06. The lowest BCUT2D eigenvalue weighted by atomic mass is 10.2. The summed E-state index contributed by atoms with van der Waals surface area (Å²) in [6, 6.07) is 40.5. The van der Waals surface area contributed by atoms with Crippen LogP contribution in [-0.2, 0) is 52.4 Å². The number of nitrogen functional groups attached to an aromatic ring is 4. The van der Waals surface area contributed by atoms with Gasteiger partial charge in [0.2, 0.25) is 47.6 Å². The van der Waals surface area contributed by atoms with Crippen molar-refractivity contribution in [2.45, 2.75) is 135 Å². The molecule has 0 amide bonds. The normalized spacial score (nSPS) is 9.50. The molecule has 392 valence electrons. The highest BCUT2D eigenvalue weighted by Crippen LogP contribution is 2.11. The van der Waals surface area contributed by atoms with Crippen molar-refractivity contribution in [2.24, 2.45) is 0 Å². The van der Waals surface area contributed by atoms with Gasteiger partial charge in [0.15, 0.2) is 0 Å². The van der Waals surface area contributed by atoms with E-state index in [0.717, 1.165) is 39.3 Å². The van der Waals surface area contributed by atoms with Crippen molar-refractivity contribution in [1.82, 2.24) is 59.1 Å². The van der Waals surface area contributed by atoms with E-state index in [4.69, 9.17) is 22.9 Å². The zero-order chi connectivity index (χ0) is 53.5. The van der Waals surface area contributed by atoms with Gasteiger partial charge in [-0.1, -0.05) is 177 Å². The molecule has 0 aliphatic carbocycles. The third-order valence-corrected chi connectivity index (χ3v) is 9.15. The lowest BCUT2D eigenvalue weighted by molar-refractivity contribution is 0.665. The Morgan fingerprint density at radius 3 is 0.819 bits per heavy atom. The molecule has 12 N–H and O–H groups in total. The van der Waals surface area contributed by atoms with Crippen LogP contribution in [0.4, 0.5) is 47.6 Å². The van der Waals surface area contributed by atoms with Crippen molar-refractivity contribution in [1.29, 1.82) is 0 Å². The highest BCUT2D eigenvalue weighted by molar-refractivity contribution is 5.36. The van der Waals surface area contributed by atoms with Crippen LogP contribution in [0.3, 0.4) is 0 Å². The molecule has 4 aromatic heterocycles. The van der Waals surface area contributed by atoms with Crippen molar-refractivity contribution in [3.8, 4) is 0 Å². The molecule has 8 aromatic rings. The van der Waals surface area contributed by atoms with Gasteiger partial charge >= 0.3 is 0 Å². The molecule has 0 saturated heterocycles. The Kier molecular flexibility index (Phi) is 32.4. The monoisotopic (exact) mass is 989 g/mol. The number of nitrogens with zero attached hydrogens (tertiary/aromatic N) is 12. The molecule has 0 aliphatic heterocycles. The minimum absolute atomic E-state index is 0.303. The molecule has 8 rings (SSSR count). The first-order chi connectivity index (χ1) is 35.2. The number of aromatic nitrogens is 12. The zero-order valence-electron chi connectivity index (χ0n) is 44.9. The average Bonchev–Trinajstić information content (AvgIpc) is 4.23. The Morgan fingerprint density at radius 2 is 0.583 bits per heavy atom. The van der Waals surface area contributed by atoms with E-state index in [9.17, 15) is 0 Å². The van der Waals surface area contributed by atoms with Crippen molar-refractivity contribution in [2.75, 3.05) is 44.2 Å². The van der Waals surface area contributed by atoms with Crippen LogP contribution in [0.1, 0.15) is 105 Å². The minimum Gasteiger partial charge on any atom is -0.368 e. The van der Waals surface area contributed by atoms with Crippen LogP contribution in [0.2, 0.25) is 0 Å². The van der Waals surface area contributed by atoms with Crippen LogP contribution >= 0.6 is 0 Å². The minimum atomic E-state index is 0.303. The maximum absolute atomic E-state index is 5.67. The van der Waals surface area contributed by atoms with Gasteiger partial charge < -0.3 is 44.2 Å². The predicted molar refractivity (Wildman–Crippen MR) is 301 cm³/mol. The summed E-state index contributed by atoms with van der Waals surface area (Å²) in [5.41, 5.74) is 27.2. The molecular weight excluding hydrogens is 905 g/mol. The van der Waals surface area contributed by atoms with Crippen LogP contribution in [0.15, 0.2) is 121 Å². The van der Waals surface area contributed by atoms with Gasteiger partial charge in [-0.15, -0.1) is 20.4 Å². The van der Waals surface area contributed by atoms with Crippen LogP contribution < -0.4 is 44.2 Å². The van der Waals surface area contributed by atoms with E-state index in [2.05, 4.69) is 85.9 Å². The van der Waals surface area contributed by atoms with Gasteiger partial charge in [0.1, 0.15) is 0 Å². The summed E-state index contributed by atoms with van der Waals surface area (Å²) in [6.45, 7) is 29.8. The third-order valence-electron chi connectivity index (χ3n) is 9.15. The van der Waals surface area contributed by atoms with Crippen molar-refractivity contribution in [3.05, 3.63) is 144 Å². The second kappa shape index (κ2) is 37.7. The molecule has 0 spiro atoms. The predicted octanol–water partition coefficient (Wildman–Crippen LogP) is 10.1. The fourth-order valence-corrected chi connectivity index (χ4v) is 5.85. The SMILES string of the molecule is CC.CC.CC.CC.CCn1nc(N)nc1NCc1ccccc1.CCn1nc(N)nc1NCc1ccccc1.CCn1nc(NCc2ccccc2)nc1N.CCn1nc(NCc2ccccc2)nc1N. The summed E-state index contributed by atoms with van der Waals surface area (Å²) < 4.78 is 6.82. The fourth-order valence-electron chi connectivity index (χ4n) is 5.85. The maximum atomic E-state index is 5.67. The molecule has 20 heteroatoms. The molecule has 0 saturated carbocycles. The Labute approximate surface area is 428 Å². The molecule has 0 fully saturated rings. The summed E-state index contributed by atoms with van der Waals surface area (Å²) in [7, 11) is 0. The number of rotatable bonds is 16. The van der Waals surface area contributed by atoms with Crippen LogP contribution in [-0.4, -0.2) is 59.1 Å². The summed E-state index contributed by atoms with van der Waals surface area (Å²) in [5, 5.41) is 29.2. The van der Waals surface area contributed by atoms with Crippen LogP contribution in [0, 0.1) is 0 Å². The van der Waals surface area contributed by atoms with E-state index in [1.165, 1.54) is 22.3 Å².